The number of nitrogens with one attached hydrogen (secondary N) is 3. The van der Waals surface area contributed by atoms with Crippen molar-refractivity contribution in [2.45, 2.75) is 83.0 Å². The van der Waals surface area contributed by atoms with Crippen LogP contribution in [0.1, 0.15) is 80.0 Å². The van der Waals surface area contributed by atoms with Gasteiger partial charge in [-0.15, -0.1) is 0 Å². The van der Waals surface area contributed by atoms with Crippen LogP contribution in [0.4, 0.5) is 0 Å². The Kier molecular flexibility index (Phi) is 10.1. The Morgan fingerprint density at radius 3 is 2.00 bits per heavy atom. The number of benzene rings is 2. The summed E-state index contributed by atoms with van der Waals surface area (Å²) in [6.07, 6.45) is 12.8. The van der Waals surface area contributed by atoms with E-state index in [-0.39, 0.29) is 11.8 Å². The Morgan fingerprint density at radius 2 is 1.39 bits per heavy atom. The molecule has 204 valence electrons. The summed E-state index contributed by atoms with van der Waals surface area (Å²) in [6.45, 7) is 1.96. The number of rotatable bonds is 12. The number of carboxylic acid groups (broad SMARTS) is 1. The Hall–Kier alpha value is -3.00. The van der Waals surface area contributed by atoms with E-state index in [1.165, 1.54) is 12.5 Å². The van der Waals surface area contributed by atoms with Gasteiger partial charge < -0.3 is 10.4 Å². The molecule has 7 nitrogen and oxygen atoms in total. The van der Waals surface area contributed by atoms with Gasteiger partial charge in [0.1, 0.15) is 5.54 Å². The third kappa shape index (κ3) is 7.10. The van der Waals surface area contributed by atoms with Crippen molar-refractivity contribution in [3.05, 3.63) is 76.9 Å². The normalized spacial score (nSPS) is 18.4. The zero-order valence-corrected chi connectivity index (χ0v) is 22.1. The number of amides is 1. The van der Waals surface area contributed by atoms with E-state index in [1.54, 1.807) is 11.6 Å². The minimum atomic E-state index is -0.817. The third-order valence-electron chi connectivity index (χ3n) is 8.36. The fourth-order valence-electron chi connectivity index (χ4n) is 6.38. The van der Waals surface area contributed by atoms with E-state index in [2.05, 4.69) is 34.9 Å². The predicted octanol–water partition coefficient (Wildman–Crippen LogP) is 5.18. The summed E-state index contributed by atoms with van der Waals surface area (Å²) in [5.74, 6) is -0.796. The van der Waals surface area contributed by atoms with Crippen molar-refractivity contribution in [2.24, 2.45) is 11.8 Å². The Bertz CT molecular complexity index is 1090. The summed E-state index contributed by atoms with van der Waals surface area (Å²) in [5.41, 5.74) is 5.02. The van der Waals surface area contributed by atoms with E-state index >= 15 is 0 Å². The molecular formula is C31H41N3O4. The van der Waals surface area contributed by atoms with E-state index in [0.29, 0.717) is 19.6 Å². The summed E-state index contributed by atoms with van der Waals surface area (Å²) in [6, 6.07) is 16.3. The lowest BCUT2D eigenvalue weighted by atomic mass is 9.67. The first-order valence-electron chi connectivity index (χ1n) is 14.0. The monoisotopic (exact) mass is 519 g/mol. The zero-order valence-electron chi connectivity index (χ0n) is 22.1. The number of aliphatic carboxylic acids is 1. The molecular weight excluding hydrogens is 478 g/mol. The van der Waals surface area contributed by atoms with Crippen LogP contribution in [0.3, 0.4) is 0 Å². The second-order valence-corrected chi connectivity index (χ2v) is 10.8. The van der Waals surface area contributed by atoms with Crippen molar-refractivity contribution in [2.75, 3.05) is 0 Å². The Balaban J connectivity index is 1.33. The van der Waals surface area contributed by atoms with E-state index in [1.807, 2.05) is 24.3 Å². The van der Waals surface area contributed by atoms with Gasteiger partial charge in [-0.3, -0.25) is 20.1 Å². The van der Waals surface area contributed by atoms with Gasteiger partial charge >= 0.3 is 5.97 Å². The van der Waals surface area contributed by atoms with Crippen LogP contribution in [-0.2, 0) is 29.2 Å². The molecule has 0 unspecified atom stereocenters. The number of carbonyl (C=O) groups excluding carboxylic acids is 1. The predicted molar refractivity (Wildman–Crippen MR) is 148 cm³/mol. The fraction of sp³-hybridized carbons (Fsp3) is 0.484. The van der Waals surface area contributed by atoms with Crippen LogP contribution in [-0.4, -0.2) is 27.7 Å². The molecule has 2 aliphatic rings. The highest BCUT2D eigenvalue weighted by atomic mass is 16.5. The molecule has 38 heavy (non-hydrogen) atoms. The van der Waals surface area contributed by atoms with Gasteiger partial charge in [-0.2, -0.15) is 0 Å². The lowest BCUT2D eigenvalue weighted by molar-refractivity contribution is -0.152. The fourth-order valence-corrected chi connectivity index (χ4v) is 6.38. The van der Waals surface area contributed by atoms with Crippen molar-refractivity contribution in [3.8, 4) is 0 Å². The average molecular weight is 520 g/mol. The summed E-state index contributed by atoms with van der Waals surface area (Å²) in [5, 5.41) is 26.2. The summed E-state index contributed by atoms with van der Waals surface area (Å²) in [7, 11) is 0. The van der Waals surface area contributed by atoms with Gasteiger partial charge in [0, 0.05) is 25.7 Å². The van der Waals surface area contributed by atoms with Gasteiger partial charge in [0.25, 0.3) is 5.91 Å². The van der Waals surface area contributed by atoms with Crippen LogP contribution in [0.2, 0.25) is 0 Å². The molecule has 1 amide bonds. The van der Waals surface area contributed by atoms with Crippen LogP contribution in [0, 0.1) is 11.8 Å². The number of hydrogen-bond donors (Lipinski definition) is 5. The van der Waals surface area contributed by atoms with E-state index < -0.39 is 17.4 Å². The maximum Gasteiger partial charge on any atom is 0.324 e. The van der Waals surface area contributed by atoms with Crippen molar-refractivity contribution in [1.29, 1.82) is 0 Å². The lowest BCUT2D eigenvalue weighted by Crippen LogP contribution is -2.61. The number of carbonyl (C=O) groups is 2. The zero-order chi connectivity index (χ0) is 26.8. The molecule has 2 aromatic carbocycles. The third-order valence-corrected chi connectivity index (χ3v) is 8.36. The molecule has 5 N–H and O–H groups in total. The highest BCUT2D eigenvalue weighted by molar-refractivity contribution is 5.90. The Labute approximate surface area is 225 Å². The number of carboxylic acids is 1. The molecule has 0 bridgehead atoms. The standard InChI is InChI=1S/C31H41N3O4/c35-29(34-38)18-17-23-7-6-8-26(19-23)21-32-20-24-13-15-25(16-14-24)22-33-31(30(36)37,28-11-4-5-12-28)27-9-2-1-3-10-27/h6-8,13-19,27-28,32-33,38H,1-5,9-12,20-22H2,(H,34,35)(H,36,37)/t31-/m1/s1. The van der Waals surface area contributed by atoms with Crippen molar-refractivity contribution < 1.29 is 19.9 Å². The van der Waals surface area contributed by atoms with Gasteiger partial charge in [-0.1, -0.05) is 80.6 Å². The lowest BCUT2D eigenvalue weighted by Gasteiger charge is -2.44. The molecule has 1 atom stereocenters. The SMILES string of the molecule is O=C(C=Cc1cccc(CNCc2ccc(CN[C@](C(=O)O)(C3CCCCC3)C3CCCC3)cc2)c1)NO. The molecule has 0 radical (unpaired) electrons. The van der Waals surface area contributed by atoms with Crippen LogP contribution in [0.25, 0.3) is 6.08 Å². The maximum absolute atomic E-state index is 12.8. The number of hydroxylamine groups is 1. The van der Waals surface area contributed by atoms with Gasteiger partial charge in [-0.05, 0) is 65.8 Å². The van der Waals surface area contributed by atoms with Crippen LogP contribution < -0.4 is 16.1 Å². The van der Waals surface area contributed by atoms with Crippen LogP contribution in [0.15, 0.2) is 54.6 Å². The van der Waals surface area contributed by atoms with E-state index in [9.17, 15) is 14.7 Å². The molecule has 7 heteroatoms. The summed E-state index contributed by atoms with van der Waals surface area (Å²) in [4.78, 5) is 24.0. The van der Waals surface area contributed by atoms with Gasteiger partial charge in [0.2, 0.25) is 0 Å². The first kappa shape index (κ1) is 28.0. The molecule has 4 rings (SSSR count). The Morgan fingerprint density at radius 1 is 0.816 bits per heavy atom. The van der Waals surface area contributed by atoms with Crippen LogP contribution in [0.5, 0.6) is 0 Å². The van der Waals surface area contributed by atoms with E-state index in [4.69, 9.17) is 5.21 Å². The summed E-state index contributed by atoms with van der Waals surface area (Å²) < 4.78 is 0. The maximum atomic E-state index is 12.8. The largest absolute Gasteiger partial charge is 0.480 e. The quantitative estimate of drug-likeness (QED) is 0.150. The first-order valence-corrected chi connectivity index (χ1v) is 14.0. The van der Waals surface area contributed by atoms with E-state index in [0.717, 1.165) is 73.6 Å². The van der Waals surface area contributed by atoms with Gasteiger partial charge in [0.15, 0.2) is 0 Å². The smallest absolute Gasteiger partial charge is 0.324 e. The molecule has 0 heterocycles. The molecule has 0 spiro atoms. The van der Waals surface area contributed by atoms with Gasteiger partial charge in [0.05, 0.1) is 0 Å². The molecule has 0 aliphatic heterocycles. The second-order valence-electron chi connectivity index (χ2n) is 10.8. The highest BCUT2D eigenvalue weighted by Crippen LogP contribution is 2.44. The number of hydrogen-bond acceptors (Lipinski definition) is 5. The average Bonchev–Trinajstić information content (AvgIpc) is 3.49. The topological polar surface area (TPSA) is 111 Å². The molecule has 0 saturated heterocycles. The minimum absolute atomic E-state index is 0.209. The first-order chi connectivity index (χ1) is 18.5. The van der Waals surface area contributed by atoms with Crippen molar-refractivity contribution in [3.63, 3.8) is 0 Å². The molecule has 2 fully saturated rings. The van der Waals surface area contributed by atoms with Crippen LogP contribution >= 0.6 is 0 Å². The summed E-state index contributed by atoms with van der Waals surface area (Å²) >= 11 is 0. The molecule has 2 saturated carbocycles. The van der Waals surface area contributed by atoms with Crippen molar-refractivity contribution in [1.82, 2.24) is 16.1 Å². The minimum Gasteiger partial charge on any atom is -0.480 e. The van der Waals surface area contributed by atoms with Gasteiger partial charge in [-0.25, -0.2) is 5.48 Å². The molecule has 2 aromatic rings. The second kappa shape index (κ2) is 13.7. The van der Waals surface area contributed by atoms with Crippen molar-refractivity contribution >= 4 is 18.0 Å². The highest BCUT2D eigenvalue weighted by Gasteiger charge is 2.51. The molecule has 0 aromatic heterocycles. The molecule has 2 aliphatic carbocycles.